The van der Waals surface area contributed by atoms with Gasteiger partial charge in [0, 0.05) is 33.1 Å². The molecule has 5 nitrogen and oxygen atoms in total. The van der Waals surface area contributed by atoms with Crippen LogP contribution in [-0.2, 0) is 9.59 Å². The molecule has 17 heavy (non-hydrogen) atoms. The van der Waals surface area contributed by atoms with E-state index in [9.17, 15) is 9.59 Å². The topological polar surface area (TPSA) is 66.6 Å². The number of nitrogens with two attached hydrogens (primary N) is 1. The van der Waals surface area contributed by atoms with Crippen LogP contribution in [0.25, 0.3) is 0 Å². The van der Waals surface area contributed by atoms with Crippen molar-refractivity contribution in [3.05, 3.63) is 0 Å². The Balaban J connectivity index is 1.94. The summed E-state index contributed by atoms with van der Waals surface area (Å²) in [5.74, 6) is 0.166. The molecule has 1 saturated carbocycles. The fraction of sp³-hybridized carbons (Fsp3) is 0.833. The van der Waals surface area contributed by atoms with Gasteiger partial charge in [-0.15, -0.1) is 0 Å². The summed E-state index contributed by atoms with van der Waals surface area (Å²) in [6.45, 7) is 4.31. The number of carbonyl (C=O) groups excluding carboxylic acids is 2. The molecular formula is C12H21N3O2. The van der Waals surface area contributed by atoms with E-state index in [0.29, 0.717) is 13.1 Å². The molecule has 0 spiro atoms. The highest BCUT2D eigenvalue weighted by Gasteiger charge is 2.42. The van der Waals surface area contributed by atoms with Crippen molar-refractivity contribution < 1.29 is 9.59 Å². The number of amides is 2. The Labute approximate surface area is 102 Å². The van der Waals surface area contributed by atoms with Crippen LogP contribution in [0.2, 0.25) is 0 Å². The van der Waals surface area contributed by atoms with Crippen LogP contribution in [0.5, 0.6) is 0 Å². The van der Waals surface area contributed by atoms with Crippen molar-refractivity contribution >= 4 is 11.8 Å². The molecule has 2 amide bonds. The smallest absolute Gasteiger partial charge is 0.242 e. The average molecular weight is 239 g/mol. The van der Waals surface area contributed by atoms with E-state index < -0.39 is 5.54 Å². The van der Waals surface area contributed by atoms with Crippen LogP contribution >= 0.6 is 0 Å². The lowest BCUT2D eigenvalue weighted by molar-refractivity contribution is -0.140. The molecule has 2 fully saturated rings. The highest BCUT2D eigenvalue weighted by molar-refractivity contribution is 5.87. The number of carbonyl (C=O) groups is 2. The first-order valence-corrected chi connectivity index (χ1v) is 6.37. The Morgan fingerprint density at radius 2 is 1.59 bits per heavy atom. The van der Waals surface area contributed by atoms with Crippen LogP contribution in [0.15, 0.2) is 0 Å². The number of hydrogen-bond acceptors (Lipinski definition) is 3. The molecule has 0 aromatic rings. The first-order chi connectivity index (χ1) is 8.03. The normalized spacial score (nSPS) is 23.9. The summed E-state index contributed by atoms with van der Waals surface area (Å²) in [6, 6.07) is 0. The van der Waals surface area contributed by atoms with E-state index >= 15 is 0 Å². The predicted molar refractivity (Wildman–Crippen MR) is 64.2 cm³/mol. The monoisotopic (exact) mass is 239 g/mol. The van der Waals surface area contributed by atoms with Gasteiger partial charge in [-0.05, 0) is 25.7 Å². The van der Waals surface area contributed by atoms with Crippen molar-refractivity contribution in [1.82, 2.24) is 9.80 Å². The zero-order valence-corrected chi connectivity index (χ0v) is 10.4. The molecule has 1 aliphatic carbocycles. The average Bonchev–Trinajstić information content (AvgIpc) is 2.50. The lowest BCUT2D eigenvalue weighted by Gasteiger charge is -2.40. The fourth-order valence-corrected chi connectivity index (χ4v) is 2.52. The van der Waals surface area contributed by atoms with Gasteiger partial charge in [0.25, 0.3) is 0 Å². The van der Waals surface area contributed by atoms with E-state index in [1.165, 1.54) is 0 Å². The molecule has 2 N–H and O–H groups in total. The molecule has 1 aliphatic heterocycles. The molecule has 2 aliphatic rings. The second-order valence-electron chi connectivity index (χ2n) is 5.16. The SMILES string of the molecule is CC(=O)N1CCCN(C(=O)C2(N)CCC2)CC1. The molecule has 1 saturated heterocycles. The molecule has 0 aromatic heterocycles. The first-order valence-electron chi connectivity index (χ1n) is 6.37. The van der Waals surface area contributed by atoms with Gasteiger partial charge in [-0.1, -0.05) is 0 Å². The van der Waals surface area contributed by atoms with Crippen LogP contribution in [0.3, 0.4) is 0 Å². The zero-order valence-electron chi connectivity index (χ0n) is 10.4. The highest BCUT2D eigenvalue weighted by atomic mass is 16.2. The third kappa shape index (κ3) is 2.44. The van der Waals surface area contributed by atoms with Gasteiger partial charge in [-0.2, -0.15) is 0 Å². The maximum absolute atomic E-state index is 12.2. The van der Waals surface area contributed by atoms with E-state index in [-0.39, 0.29) is 11.8 Å². The van der Waals surface area contributed by atoms with Crippen LogP contribution in [-0.4, -0.2) is 53.3 Å². The molecule has 2 rings (SSSR count). The molecule has 1 heterocycles. The van der Waals surface area contributed by atoms with Gasteiger partial charge in [-0.3, -0.25) is 9.59 Å². The third-order valence-corrected chi connectivity index (χ3v) is 3.90. The summed E-state index contributed by atoms with van der Waals surface area (Å²) in [5.41, 5.74) is 5.45. The minimum atomic E-state index is -0.606. The first kappa shape index (κ1) is 12.4. The number of nitrogens with zero attached hydrogens (tertiary/aromatic N) is 2. The van der Waals surface area contributed by atoms with Crippen molar-refractivity contribution in [2.45, 2.75) is 38.1 Å². The number of rotatable bonds is 1. The Kier molecular flexibility index (Phi) is 3.38. The van der Waals surface area contributed by atoms with E-state index in [0.717, 1.165) is 38.8 Å². The molecule has 0 aromatic carbocycles. The van der Waals surface area contributed by atoms with Crippen molar-refractivity contribution in [1.29, 1.82) is 0 Å². The zero-order chi connectivity index (χ0) is 12.5. The minimum absolute atomic E-state index is 0.0779. The Hall–Kier alpha value is -1.10. The fourth-order valence-electron chi connectivity index (χ4n) is 2.52. The van der Waals surface area contributed by atoms with E-state index in [1.54, 1.807) is 11.8 Å². The molecular weight excluding hydrogens is 218 g/mol. The van der Waals surface area contributed by atoms with Gasteiger partial charge in [0.2, 0.25) is 11.8 Å². The minimum Gasteiger partial charge on any atom is -0.341 e. The molecule has 5 heteroatoms. The summed E-state index contributed by atoms with van der Waals surface area (Å²) in [7, 11) is 0. The Morgan fingerprint density at radius 3 is 2.12 bits per heavy atom. The maximum atomic E-state index is 12.2. The van der Waals surface area contributed by atoms with Gasteiger partial charge < -0.3 is 15.5 Å². The van der Waals surface area contributed by atoms with Crippen LogP contribution in [0.1, 0.15) is 32.6 Å². The second kappa shape index (κ2) is 4.64. The Morgan fingerprint density at radius 1 is 1.00 bits per heavy atom. The van der Waals surface area contributed by atoms with Gasteiger partial charge >= 0.3 is 0 Å². The van der Waals surface area contributed by atoms with Gasteiger partial charge in [0.1, 0.15) is 0 Å². The summed E-state index contributed by atoms with van der Waals surface area (Å²) in [6.07, 6.45) is 3.51. The quantitative estimate of drug-likeness (QED) is 0.697. The highest BCUT2D eigenvalue weighted by Crippen LogP contribution is 2.31. The molecule has 0 radical (unpaired) electrons. The van der Waals surface area contributed by atoms with E-state index in [1.807, 2.05) is 4.90 Å². The Bertz CT molecular complexity index is 326. The van der Waals surface area contributed by atoms with Crippen molar-refractivity contribution in [3.63, 3.8) is 0 Å². The summed E-state index contributed by atoms with van der Waals surface area (Å²) in [5, 5.41) is 0. The predicted octanol–water partition coefficient (Wildman–Crippen LogP) is -0.0514. The molecule has 0 unspecified atom stereocenters. The van der Waals surface area contributed by atoms with Gasteiger partial charge in [0.05, 0.1) is 5.54 Å². The van der Waals surface area contributed by atoms with Gasteiger partial charge in [-0.25, -0.2) is 0 Å². The molecule has 0 atom stereocenters. The van der Waals surface area contributed by atoms with E-state index in [4.69, 9.17) is 5.73 Å². The second-order valence-corrected chi connectivity index (χ2v) is 5.16. The van der Waals surface area contributed by atoms with Crippen molar-refractivity contribution in [2.75, 3.05) is 26.2 Å². The standard InChI is InChI=1S/C12H21N3O2/c1-10(16)14-6-3-7-15(9-8-14)11(17)12(13)4-2-5-12/h2-9,13H2,1H3. The molecule has 96 valence electrons. The lowest BCUT2D eigenvalue weighted by Crippen LogP contribution is -2.60. The van der Waals surface area contributed by atoms with Crippen LogP contribution in [0.4, 0.5) is 0 Å². The maximum Gasteiger partial charge on any atom is 0.242 e. The summed E-state index contributed by atoms with van der Waals surface area (Å²) >= 11 is 0. The lowest BCUT2D eigenvalue weighted by atomic mass is 9.76. The van der Waals surface area contributed by atoms with Crippen molar-refractivity contribution in [3.8, 4) is 0 Å². The van der Waals surface area contributed by atoms with E-state index in [2.05, 4.69) is 0 Å². The van der Waals surface area contributed by atoms with Gasteiger partial charge in [0.15, 0.2) is 0 Å². The van der Waals surface area contributed by atoms with Crippen LogP contribution < -0.4 is 5.73 Å². The van der Waals surface area contributed by atoms with Crippen LogP contribution in [0, 0.1) is 0 Å². The number of hydrogen-bond donors (Lipinski definition) is 1. The summed E-state index contributed by atoms with van der Waals surface area (Å²) in [4.78, 5) is 27.2. The summed E-state index contributed by atoms with van der Waals surface area (Å²) < 4.78 is 0. The van der Waals surface area contributed by atoms with Crippen molar-refractivity contribution in [2.24, 2.45) is 5.73 Å². The largest absolute Gasteiger partial charge is 0.341 e. The molecule has 0 bridgehead atoms. The third-order valence-electron chi connectivity index (χ3n) is 3.90.